The molecular formula is C13H11BrClN. The van der Waals surface area contributed by atoms with Gasteiger partial charge in [0.15, 0.2) is 0 Å². The number of pyridine rings is 1. The standard InChI is InChI=1S/C13H11BrClN/c1-2-9-4-3-5-10(8-9)12-11(15)6-7-16-13(12)14/h3-8H,2H2,1H3. The largest absolute Gasteiger partial charge is 0.249 e. The van der Waals surface area contributed by atoms with Crippen molar-refractivity contribution >= 4 is 27.5 Å². The van der Waals surface area contributed by atoms with Crippen LogP contribution in [0.1, 0.15) is 12.5 Å². The van der Waals surface area contributed by atoms with Gasteiger partial charge in [0.2, 0.25) is 0 Å². The van der Waals surface area contributed by atoms with E-state index >= 15 is 0 Å². The number of benzene rings is 1. The molecule has 0 aliphatic heterocycles. The molecule has 1 aromatic heterocycles. The Balaban J connectivity index is 2.58. The van der Waals surface area contributed by atoms with Crippen LogP contribution in [0.25, 0.3) is 11.1 Å². The van der Waals surface area contributed by atoms with Crippen LogP contribution in [0.15, 0.2) is 41.1 Å². The van der Waals surface area contributed by atoms with E-state index in [1.165, 1.54) is 5.56 Å². The lowest BCUT2D eigenvalue weighted by Gasteiger charge is -2.07. The third kappa shape index (κ3) is 2.28. The van der Waals surface area contributed by atoms with Crippen molar-refractivity contribution in [2.45, 2.75) is 13.3 Å². The Kier molecular flexibility index (Phi) is 3.62. The Labute approximate surface area is 109 Å². The summed E-state index contributed by atoms with van der Waals surface area (Å²) in [4.78, 5) is 4.20. The molecule has 0 aliphatic rings. The average molecular weight is 297 g/mol. The molecule has 0 saturated heterocycles. The number of halogens is 2. The summed E-state index contributed by atoms with van der Waals surface area (Å²) in [6, 6.07) is 10.2. The van der Waals surface area contributed by atoms with E-state index in [1.807, 2.05) is 12.1 Å². The lowest BCUT2D eigenvalue weighted by Crippen LogP contribution is -1.87. The molecule has 1 heterocycles. The van der Waals surface area contributed by atoms with Gasteiger partial charge in [-0.2, -0.15) is 0 Å². The first kappa shape index (κ1) is 11.6. The van der Waals surface area contributed by atoms with Crippen molar-refractivity contribution in [2.24, 2.45) is 0 Å². The normalized spacial score (nSPS) is 10.4. The maximum absolute atomic E-state index is 6.19. The zero-order valence-corrected chi connectivity index (χ0v) is 11.2. The van der Waals surface area contributed by atoms with Crippen molar-refractivity contribution in [3.05, 3.63) is 51.7 Å². The Morgan fingerprint density at radius 2 is 2.12 bits per heavy atom. The molecule has 1 nitrogen and oxygen atoms in total. The van der Waals surface area contributed by atoms with Crippen molar-refractivity contribution in [3.63, 3.8) is 0 Å². The van der Waals surface area contributed by atoms with Crippen molar-refractivity contribution < 1.29 is 0 Å². The first-order valence-electron chi connectivity index (χ1n) is 5.11. The van der Waals surface area contributed by atoms with E-state index in [2.05, 4.69) is 40.0 Å². The Bertz CT molecular complexity index is 491. The van der Waals surface area contributed by atoms with Crippen LogP contribution in [-0.4, -0.2) is 4.98 Å². The SMILES string of the molecule is CCc1cccc(-c2c(Cl)ccnc2Br)c1. The van der Waals surface area contributed by atoms with Gasteiger partial charge < -0.3 is 0 Å². The maximum atomic E-state index is 6.19. The average Bonchev–Trinajstić information content (AvgIpc) is 2.29. The molecule has 2 aromatic rings. The summed E-state index contributed by atoms with van der Waals surface area (Å²) in [5, 5.41) is 0.718. The predicted octanol–water partition coefficient (Wildman–Crippen LogP) is 4.73. The molecule has 0 amide bonds. The van der Waals surface area contributed by atoms with Crippen LogP contribution in [0.2, 0.25) is 5.02 Å². The number of aromatic nitrogens is 1. The third-order valence-corrected chi connectivity index (χ3v) is 3.39. The molecule has 0 N–H and O–H groups in total. The van der Waals surface area contributed by atoms with Crippen molar-refractivity contribution in [2.75, 3.05) is 0 Å². The highest BCUT2D eigenvalue weighted by Crippen LogP contribution is 2.33. The van der Waals surface area contributed by atoms with Crippen LogP contribution in [-0.2, 0) is 6.42 Å². The maximum Gasteiger partial charge on any atom is 0.115 e. The molecule has 0 spiro atoms. The molecule has 16 heavy (non-hydrogen) atoms. The lowest BCUT2D eigenvalue weighted by molar-refractivity contribution is 1.14. The molecule has 2 rings (SSSR count). The summed E-state index contributed by atoms with van der Waals surface area (Å²) >= 11 is 9.62. The summed E-state index contributed by atoms with van der Waals surface area (Å²) < 4.78 is 0.785. The van der Waals surface area contributed by atoms with Gasteiger partial charge in [-0.25, -0.2) is 4.98 Å². The van der Waals surface area contributed by atoms with E-state index < -0.39 is 0 Å². The first-order chi connectivity index (χ1) is 7.72. The minimum Gasteiger partial charge on any atom is -0.249 e. The van der Waals surface area contributed by atoms with Gasteiger partial charge >= 0.3 is 0 Å². The van der Waals surface area contributed by atoms with Gasteiger partial charge in [-0.15, -0.1) is 0 Å². The lowest BCUT2D eigenvalue weighted by atomic mass is 10.0. The van der Waals surface area contributed by atoms with Crippen LogP contribution >= 0.6 is 27.5 Å². The fourth-order valence-corrected chi connectivity index (χ4v) is 2.55. The van der Waals surface area contributed by atoms with Gasteiger partial charge in [-0.3, -0.25) is 0 Å². The molecule has 0 aliphatic carbocycles. The highest BCUT2D eigenvalue weighted by Gasteiger charge is 2.08. The molecule has 3 heteroatoms. The van der Waals surface area contributed by atoms with E-state index in [0.717, 1.165) is 27.2 Å². The minimum atomic E-state index is 0.718. The van der Waals surface area contributed by atoms with Crippen LogP contribution in [0.4, 0.5) is 0 Å². The minimum absolute atomic E-state index is 0.718. The topological polar surface area (TPSA) is 12.9 Å². The smallest absolute Gasteiger partial charge is 0.115 e. The van der Waals surface area contributed by atoms with Gasteiger partial charge in [-0.05, 0) is 39.5 Å². The molecular weight excluding hydrogens is 286 g/mol. The van der Waals surface area contributed by atoms with Crippen molar-refractivity contribution in [3.8, 4) is 11.1 Å². The number of hydrogen-bond acceptors (Lipinski definition) is 1. The molecule has 0 radical (unpaired) electrons. The van der Waals surface area contributed by atoms with Gasteiger partial charge in [0.25, 0.3) is 0 Å². The number of rotatable bonds is 2. The summed E-state index contributed by atoms with van der Waals surface area (Å²) in [5.74, 6) is 0. The second-order valence-electron chi connectivity index (χ2n) is 3.51. The fourth-order valence-electron chi connectivity index (χ4n) is 1.62. The number of hydrogen-bond donors (Lipinski definition) is 0. The van der Waals surface area contributed by atoms with Crippen LogP contribution < -0.4 is 0 Å². The molecule has 0 fully saturated rings. The second-order valence-corrected chi connectivity index (χ2v) is 4.67. The molecule has 0 bridgehead atoms. The van der Waals surface area contributed by atoms with E-state index in [9.17, 15) is 0 Å². The summed E-state index contributed by atoms with van der Waals surface area (Å²) in [5.41, 5.74) is 3.35. The van der Waals surface area contributed by atoms with E-state index in [1.54, 1.807) is 12.3 Å². The van der Waals surface area contributed by atoms with Crippen molar-refractivity contribution in [1.29, 1.82) is 0 Å². The second kappa shape index (κ2) is 4.98. The van der Waals surface area contributed by atoms with Crippen LogP contribution in [0.5, 0.6) is 0 Å². The summed E-state index contributed by atoms with van der Waals surface area (Å²) in [6.07, 6.45) is 2.71. The summed E-state index contributed by atoms with van der Waals surface area (Å²) in [6.45, 7) is 2.14. The fraction of sp³-hybridized carbons (Fsp3) is 0.154. The molecule has 0 saturated carbocycles. The van der Waals surface area contributed by atoms with E-state index in [4.69, 9.17) is 11.6 Å². The first-order valence-corrected chi connectivity index (χ1v) is 6.28. The zero-order valence-electron chi connectivity index (χ0n) is 8.87. The molecule has 0 atom stereocenters. The number of aryl methyl sites for hydroxylation is 1. The third-order valence-electron chi connectivity index (χ3n) is 2.48. The zero-order chi connectivity index (χ0) is 11.5. The van der Waals surface area contributed by atoms with Crippen LogP contribution in [0.3, 0.4) is 0 Å². The monoisotopic (exact) mass is 295 g/mol. The Morgan fingerprint density at radius 1 is 1.31 bits per heavy atom. The Hall–Kier alpha value is -0.860. The quantitative estimate of drug-likeness (QED) is 0.730. The van der Waals surface area contributed by atoms with E-state index in [-0.39, 0.29) is 0 Å². The molecule has 0 unspecified atom stereocenters. The van der Waals surface area contributed by atoms with Gasteiger partial charge in [0.05, 0.1) is 5.02 Å². The van der Waals surface area contributed by atoms with Gasteiger partial charge in [0, 0.05) is 11.8 Å². The number of nitrogens with zero attached hydrogens (tertiary/aromatic N) is 1. The van der Waals surface area contributed by atoms with Gasteiger partial charge in [0.1, 0.15) is 4.60 Å². The molecule has 82 valence electrons. The Morgan fingerprint density at radius 3 is 2.81 bits per heavy atom. The predicted molar refractivity (Wildman–Crippen MR) is 71.8 cm³/mol. The summed E-state index contributed by atoms with van der Waals surface area (Å²) in [7, 11) is 0. The van der Waals surface area contributed by atoms with Crippen LogP contribution in [0, 0.1) is 0 Å². The highest BCUT2D eigenvalue weighted by molar-refractivity contribution is 9.10. The van der Waals surface area contributed by atoms with Gasteiger partial charge in [-0.1, -0.05) is 42.8 Å². The van der Waals surface area contributed by atoms with E-state index in [0.29, 0.717) is 0 Å². The highest BCUT2D eigenvalue weighted by atomic mass is 79.9. The van der Waals surface area contributed by atoms with Crippen molar-refractivity contribution in [1.82, 2.24) is 4.98 Å². The molecule has 1 aromatic carbocycles.